The number of amides is 3. The molecule has 1 aromatic carbocycles. The number of hydrogen-bond acceptors (Lipinski definition) is 5. The number of primary amides is 1. The van der Waals surface area contributed by atoms with Crippen LogP contribution >= 0.6 is 0 Å². The number of carbonyl (C=O) groups excluding carboxylic acids is 2. The molecule has 0 atom stereocenters. The molecule has 0 bridgehead atoms. The summed E-state index contributed by atoms with van der Waals surface area (Å²) >= 11 is 0. The molecule has 10 heteroatoms. The molecule has 2 aromatic rings. The second-order valence-corrected chi connectivity index (χ2v) is 5.40. The van der Waals surface area contributed by atoms with Gasteiger partial charge in [-0.3, -0.25) is 19.6 Å². The van der Waals surface area contributed by atoms with E-state index in [0.717, 1.165) is 5.56 Å². The van der Waals surface area contributed by atoms with E-state index >= 15 is 0 Å². The number of urea groups is 1. The molecule has 0 radical (unpaired) electrons. The normalized spacial score (nSPS) is 10.3. The molecule has 0 saturated heterocycles. The second-order valence-electron chi connectivity index (χ2n) is 5.40. The summed E-state index contributed by atoms with van der Waals surface area (Å²) < 4.78 is 1.31. The van der Waals surface area contributed by atoms with Crippen LogP contribution in [0.15, 0.2) is 24.3 Å². The lowest BCUT2D eigenvalue weighted by molar-refractivity contribution is -0.386. The minimum absolute atomic E-state index is 0.0784. The van der Waals surface area contributed by atoms with Gasteiger partial charge >= 0.3 is 11.7 Å². The van der Waals surface area contributed by atoms with Crippen LogP contribution in [0, 0.1) is 24.0 Å². The molecule has 10 nitrogen and oxygen atoms in total. The van der Waals surface area contributed by atoms with E-state index in [1.165, 1.54) is 11.6 Å². The van der Waals surface area contributed by atoms with Crippen molar-refractivity contribution >= 4 is 23.3 Å². The molecule has 1 aromatic heterocycles. The Morgan fingerprint density at radius 3 is 2.44 bits per heavy atom. The maximum atomic E-state index is 12.0. The van der Waals surface area contributed by atoms with Gasteiger partial charge in [-0.2, -0.15) is 5.10 Å². The Hall–Kier alpha value is -3.43. The van der Waals surface area contributed by atoms with Gasteiger partial charge in [-0.1, -0.05) is 12.1 Å². The van der Waals surface area contributed by atoms with E-state index in [0.29, 0.717) is 11.4 Å². The van der Waals surface area contributed by atoms with Crippen LogP contribution in [0.3, 0.4) is 0 Å². The molecular weight excluding hydrogens is 328 g/mol. The Kier molecular flexibility index (Phi) is 5.32. The van der Waals surface area contributed by atoms with Crippen LogP contribution in [0.5, 0.6) is 0 Å². The van der Waals surface area contributed by atoms with Gasteiger partial charge in [0.05, 0.1) is 4.92 Å². The minimum atomic E-state index is -0.653. The summed E-state index contributed by atoms with van der Waals surface area (Å²) in [7, 11) is 0. The fourth-order valence-corrected chi connectivity index (χ4v) is 2.35. The molecule has 0 unspecified atom stereocenters. The van der Waals surface area contributed by atoms with Gasteiger partial charge in [-0.05, 0) is 31.5 Å². The van der Waals surface area contributed by atoms with Gasteiger partial charge < -0.3 is 16.4 Å². The van der Waals surface area contributed by atoms with Gasteiger partial charge in [0.15, 0.2) is 0 Å². The van der Waals surface area contributed by atoms with Crippen molar-refractivity contribution in [1.29, 1.82) is 0 Å². The third-order valence-electron chi connectivity index (χ3n) is 3.53. The highest BCUT2D eigenvalue weighted by atomic mass is 16.6. The van der Waals surface area contributed by atoms with Gasteiger partial charge in [0, 0.05) is 12.2 Å². The summed E-state index contributed by atoms with van der Waals surface area (Å²) in [5.74, 6) is -0.320. The summed E-state index contributed by atoms with van der Waals surface area (Å²) in [6.45, 7) is 3.25. The van der Waals surface area contributed by atoms with Crippen LogP contribution < -0.4 is 16.4 Å². The van der Waals surface area contributed by atoms with Crippen molar-refractivity contribution < 1.29 is 14.5 Å². The fraction of sp³-hybridized carbons (Fsp3) is 0.267. The Morgan fingerprint density at radius 1 is 1.28 bits per heavy atom. The average Bonchev–Trinajstić information content (AvgIpc) is 2.80. The van der Waals surface area contributed by atoms with Gasteiger partial charge in [0.2, 0.25) is 5.91 Å². The lowest BCUT2D eigenvalue weighted by Crippen LogP contribution is -2.28. The fourth-order valence-electron chi connectivity index (χ4n) is 2.35. The van der Waals surface area contributed by atoms with E-state index in [4.69, 9.17) is 5.73 Å². The number of nitro groups is 1. The first-order valence-corrected chi connectivity index (χ1v) is 7.38. The smallest absolute Gasteiger partial charge is 0.316 e. The maximum absolute atomic E-state index is 12.0. The van der Waals surface area contributed by atoms with E-state index in [1.54, 1.807) is 31.2 Å². The van der Waals surface area contributed by atoms with Crippen LogP contribution in [0.2, 0.25) is 0 Å². The summed E-state index contributed by atoms with van der Waals surface area (Å²) in [6, 6.07) is 6.15. The number of nitrogens with one attached hydrogen (secondary N) is 2. The van der Waals surface area contributed by atoms with Crippen molar-refractivity contribution in [2.75, 3.05) is 5.32 Å². The number of rotatable bonds is 6. The average molecular weight is 346 g/mol. The van der Waals surface area contributed by atoms with Crippen molar-refractivity contribution in [1.82, 2.24) is 15.1 Å². The largest absolute Gasteiger partial charge is 0.351 e. The quantitative estimate of drug-likeness (QED) is 0.532. The van der Waals surface area contributed by atoms with Gasteiger partial charge in [-0.25, -0.2) is 4.79 Å². The van der Waals surface area contributed by atoms with Crippen LogP contribution in [0.25, 0.3) is 0 Å². The zero-order valence-corrected chi connectivity index (χ0v) is 13.8. The highest BCUT2D eigenvalue weighted by molar-refractivity contribution is 5.87. The molecule has 132 valence electrons. The molecule has 25 heavy (non-hydrogen) atoms. The van der Waals surface area contributed by atoms with E-state index in [9.17, 15) is 19.7 Å². The van der Waals surface area contributed by atoms with Crippen molar-refractivity contribution in [2.45, 2.75) is 26.9 Å². The third kappa shape index (κ3) is 4.53. The molecule has 0 aliphatic rings. The van der Waals surface area contributed by atoms with Crippen LogP contribution in [0.4, 0.5) is 16.2 Å². The molecule has 1 heterocycles. The molecule has 0 aliphatic carbocycles. The topological polar surface area (TPSA) is 145 Å². The lowest BCUT2D eigenvalue weighted by atomic mass is 10.2. The highest BCUT2D eigenvalue weighted by Gasteiger charge is 2.22. The number of benzene rings is 1. The predicted octanol–water partition coefficient (Wildman–Crippen LogP) is 1.22. The molecule has 0 fully saturated rings. The Balaban J connectivity index is 1.94. The Labute approximate surface area is 143 Å². The maximum Gasteiger partial charge on any atom is 0.316 e. The highest BCUT2D eigenvalue weighted by Crippen LogP contribution is 2.21. The lowest BCUT2D eigenvalue weighted by Gasteiger charge is -2.07. The van der Waals surface area contributed by atoms with Crippen molar-refractivity contribution in [3.05, 3.63) is 51.3 Å². The number of nitrogens with zero attached hydrogens (tertiary/aromatic N) is 3. The van der Waals surface area contributed by atoms with Crippen LogP contribution in [-0.4, -0.2) is 26.6 Å². The molecule has 2 rings (SSSR count). The number of anilines is 1. The zero-order valence-electron chi connectivity index (χ0n) is 13.8. The second kappa shape index (κ2) is 7.43. The SMILES string of the molecule is Cc1nn(CC(=O)NCc2ccc(NC(N)=O)cc2)c(C)c1[N+](=O)[O-]. The molecule has 4 N–H and O–H groups in total. The van der Waals surface area contributed by atoms with Gasteiger partial charge in [0.1, 0.15) is 17.9 Å². The van der Waals surface area contributed by atoms with E-state index in [-0.39, 0.29) is 30.4 Å². The monoisotopic (exact) mass is 346 g/mol. The number of carbonyl (C=O) groups is 2. The van der Waals surface area contributed by atoms with Gasteiger partial charge in [0.25, 0.3) is 0 Å². The standard InChI is InChI=1S/C15H18N6O4/c1-9-14(21(24)25)10(2)20(19-9)8-13(22)17-7-11-3-5-12(6-4-11)18-15(16)23/h3-6H,7-8H2,1-2H3,(H,17,22)(H3,16,18,23). The molecule has 0 saturated carbocycles. The van der Waals surface area contributed by atoms with E-state index in [2.05, 4.69) is 15.7 Å². The number of aromatic nitrogens is 2. The first-order valence-electron chi connectivity index (χ1n) is 7.38. The molecule has 0 aliphatic heterocycles. The molecular formula is C15H18N6O4. The van der Waals surface area contributed by atoms with Crippen molar-refractivity contribution in [3.8, 4) is 0 Å². The number of nitrogens with two attached hydrogens (primary N) is 1. The minimum Gasteiger partial charge on any atom is -0.351 e. The van der Waals surface area contributed by atoms with Crippen molar-refractivity contribution in [3.63, 3.8) is 0 Å². The first-order chi connectivity index (χ1) is 11.8. The van der Waals surface area contributed by atoms with Crippen LogP contribution in [0.1, 0.15) is 17.0 Å². The molecule has 0 spiro atoms. The number of hydrogen-bond donors (Lipinski definition) is 3. The predicted molar refractivity (Wildman–Crippen MR) is 89.9 cm³/mol. The van der Waals surface area contributed by atoms with Crippen LogP contribution in [-0.2, 0) is 17.9 Å². The molecule has 3 amide bonds. The summed E-state index contributed by atoms with van der Waals surface area (Å²) in [5, 5.41) is 20.1. The Morgan fingerprint density at radius 2 is 1.92 bits per heavy atom. The summed E-state index contributed by atoms with van der Waals surface area (Å²) in [5.41, 5.74) is 6.92. The summed E-state index contributed by atoms with van der Waals surface area (Å²) in [4.78, 5) is 33.2. The zero-order chi connectivity index (χ0) is 18.6. The number of aryl methyl sites for hydroxylation is 1. The van der Waals surface area contributed by atoms with Gasteiger partial charge in [-0.15, -0.1) is 0 Å². The van der Waals surface area contributed by atoms with E-state index < -0.39 is 11.0 Å². The Bertz CT molecular complexity index is 812. The van der Waals surface area contributed by atoms with E-state index in [1.807, 2.05) is 0 Å². The van der Waals surface area contributed by atoms with Crippen molar-refractivity contribution in [2.24, 2.45) is 5.73 Å². The summed E-state index contributed by atoms with van der Waals surface area (Å²) in [6.07, 6.45) is 0. The third-order valence-corrected chi connectivity index (χ3v) is 3.53. The first kappa shape index (κ1) is 17.9.